The number of hydrogen-bond acceptors (Lipinski definition) is 4. The summed E-state index contributed by atoms with van der Waals surface area (Å²) in [7, 11) is 3.47. The lowest BCUT2D eigenvalue weighted by Gasteiger charge is -2.22. The Labute approximate surface area is 121 Å². The van der Waals surface area contributed by atoms with E-state index in [9.17, 15) is 4.79 Å². The van der Waals surface area contributed by atoms with Crippen LogP contribution in [0.3, 0.4) is 0 Å². The van der Waals surface area contributed by atoms with Crippen LogP contribution in [-0.2, 0) is 0 Å². The molecule has 1 unspecified atom stereocenters. The summed E-state index contributed by atoms with van der Waals surface area (Å²) < 4.78 is 0. The van der Waals surface area contributed by atoms with E-state index in [4.69, 9.17) is 0 Å². The van der Waals surface area contributed by atoms with Crippen molar-refractivity contribution in [2.24, 2.45) is 0 Å². The van der Waals surface area contributed by atoms with Gasteiger partial charge in [0.2, 0.25) is 0 Å². The highest BCUT2D eigenvalue weighted by Gasteiger charge is 2.15. The Kier molecular flexibility index (Phi) is 4.95. The summed E-state index contributed by atoms with van der Waals surface area (Å²) in [4.78, 5) is 20.0. The molecule has 5 nitrogen and oxygen atoms in total. The molecule has 1 fully saturated rings. The second-order valence-electron chi connectivity index (χ2n) is 5.68. The largest absolute Gasteiger partial charge is 0.381 e. The van der Waals surface area contributed by atoms with E-state index >= 15 is 0 Å². The Hall–Kier alpha value is -1.62. The summed E-state index contributed by atoms with van der Waals surface area (Å²) in [6.07, 6.45) is 4.30. The molecule has 0 aliphatic carbocycles. The van der Waals surface area contributed by atoms with E-state index in [-0.39, 0.29) is 5.91 Å². The Bertz CT molecular complexity index is 455. The first-order valence-electron chi connectivity index (χ1n) is 7.23. The third-order valence-electron chi connectivity index (χ3n) is 3.53. The molecule has 1 amide bonds. The highest BCUT2D eigenvalue weighted by Crippen LogP contribution is 2.13. The molecule has 1 aromatic rings. The topological polar surface area (TPSA) is 48.5 Å². The zero-order chi connectivity index (χ0) is 14.5. The fourth-order valence-electron chi connectivity index (χ4n) is 2.55. The van der Waals surface area contributed by atoms with Crippen molar-refractivity contribution in [1.29, 1.82) is 0 Å². The predicted octanol–water partition coefficient (Wildman–Crippen LogP) is 1.68. The Morgan fingerprint density at radius 2 is 2.15 bits per heavy atom. The van der Waals surface area contributed by atoms with E-state index in [0.717, 1.165) is 12.2 Å². The molecule has 0 radical (unpaired) electrons. The molecule has 1 aliphatic heterocycles. The lowest BCUT2D eigenvalue weighted by atomic mass is 10.2. The van der Waals surface area contributed by atoms with Crippen LogP contribution >= 0.6 is 0 Å². The van der Waals surface area contributed by atoms with Crippen LogP contribution in [0.5, 0.6) is 0 Å². The van der Waals surface area contributed by atoms with Gasteiger partial charge in [-0.15, -0.1) is 0 Å². The molecule has 0 saturated carbocycles. The molecule has 20 heavy (non-hydrogen) atoms. The van der Waals surface area contributed by atoms with Gasteiger partial charge in [0.1, 0.15) is 5.69 Å². The molecule has 0 aromatic carbocycles. The van der Waals surface area contributed by atoms with Crippen molar-refractivity contribution in [2.45, 2.75) is 25.8 Å². The van der Waals surface area contributed by atoms with Gasteiger partial charge in [-0.2, -0.15) is 0 Å². The van der Waals surface area contributed by atoms with E-state index in [1.165, 1.54) is 25.9 Å². The van der Waals surface area contributed by atoms with E-state index in [1.54, 1.807) is 25.2 Å². The minimum atomic E-state index is -0.0687. The van der Waals surface area contributed by atoms with Crippen LogP contribution in [-0.4, -0.2) is 60.5 Å². The van der Waals surface area contributed by atoms with Crippen LogP contribution in [0.25, 0.3) is 0 Å². The zero-order valence-electron chi connectivity index (χ0n) is 12.6. The molecule has 110 valence electrons. The second kappa shape index (κ2) is 6.70. The Morgan fingerprint density at radius 3 is 2.80 bits per heavy atom. The predicted molar refractivity (Wildman–Crippen MR) is 81.0 cm³/mol. The van der Waals surface area contributed by atoms with Crippen LogP contribution in [0.1, 0.15) is 30.3 Å². The molecule has 5 heteroatoms. The minimum Gasteiger partial charge on any atom is -0.381 e. The van der Waals surface area contributed by atoms with Crippen LogP contribution < -0.4 is 5.32 Å². The van der Waals surface area contributed by atoms with Crippen molar-refractivity contribution in [1.82, 2.24) is 14.8 Å². The van der Waals surface area contributed by atoms with E-state index in [0.29, 0.717) is 11.7 Å². The van der Waals surface area contributed by atoms with Gasteiger partial charge in [0.05, 0.1) is 0 Å². The molecule has 0 bridgehead atoms. The molecule has 2 heterocycles. The summed E-state index contributed by atoms with van der Waals surface area (Å²) in [5.41, 5.74) is 1.44. The van der Waals surface area contributed by atoms with Crippen molar-refractivity contribution in [3.63, 3.8) is 0 Å². The standard InChI is InChI=1S/C15H24N4O/c1-12(11-19-8-4-5-9-19)17-13-6-7-16-14(10-13)15(20)18(2)3/h6-7,10,12H,4-5,8-9,11H2,1-3H3,(H,16,17). The second-order valence-corrected chi connectivity index (χ2v) is 5.68. The smallest absolute Gasteiger partial charge is 0.272 e. The molecule has 0 spiro atoms. The molecule has 2 rings (SSSR count). The lowest BCUT2D eigenvalue weighted by Crippen LogP contribution is -2.33. The monoisotopic (exact) mass is 276 g/mol. The highest BCUT2D eigenvalue weighted by molar-refractivity contribution is 5.92. The Morgan fingerprint density at radius 1 is 1.45 bits per heavy atom. The summed E-state index contributed by atoms with van der Waals surface area (Å²) in [6, 6.07) is 4.09. The number of rotatable bonds is 5. The number of likely N-dealkylation sites (tertiary alicyclic amines) is 1. The van der Waals surface area contributed by atoms with Gasteiger partial charge in [0, 0.05) is 38.6 Å². The van der Waals surface area contributed by atoms with Gasteiger partial charge in [0.15, 0.2) is 0 Å². The third-order valence-corrected chi connectivity index (χ3v) is 3.53. The molecule has 1 aromatic heterocycles. The number of carbonyl (C=O) groups excluding carboxylic acids is 1. The van der Waals surface area contributed by atoms with Crippen molar-refractivity contribution >= 4 is 11.6 Å². The molecule has 1 aliphatic rings. The lowest BCUT2D eigenvalue weighted by molar-refractivity contribution is 0.0822. The van der Waals surface area contributed by atoms with Gasteiger partial charge in [0.25, 0.3) is 5.91 Å². The number of pyridine rings is 1. The van der Waals surface area contributed by atoms with Gasteiger partial charge in [-0.05, 0) is 45.0 Å². The Balaban J connectivity index is 1.94. The summed E-state index contributed by atoms with van der Waals surface area (Å²) in [5.74, 6) is -0.0687. The van der Waals surface area contributed by atoms with E-state index in [1.807, 2.05) is 12.1 Å². The summed E-state index contributed by atoms with van der Waals surface area (Å²) >= 11 is 0. The van der Waals surface area contributed by atoms with Gasteiger partial charge in [-0.25, -0.2) is 0 Å². The molecular formula is C15H24N4O. The number of anilines is 1. The average molecular weight is 276 g/mol. The SMILES string of the molecule is CC(CN1CCCC1)Nc1ccnc(C(=O)N(C)C)c1. The maximum absolute atomic E-state index is 11.9. The van der Waals surface area contributed by atoms with E-state index < -0.39 is 0 Å². The van der Waals surface area contributed by atoms with E-state index in [2.05, 4.69) is 22.1 Å². The molecule has 1 saturated heterocycles. The quantitative estimate of drug-likeness (QED) is 0.889. The summed E-state index contributed by atoms with van der Waals surface area (Å²) in [5, 5.41) is 3.45. The highest BCUT2D eigenvalue weighted by atomic mass is 16.2. The fraction of sp³-hybridized carbons (Fsp3) is 0.600. The molecular weight excluding hydrogens is 252 g/mol. The van der Waals surface area contributed by atoms with Gasteiger partial charge in [-0.1, -0.05) is 0 Å². The summed E-state index contributed by atoms with van der Waals surface area (Å²) in [6.45, 7) is 5.62. The molecule has 1 N–H and O–H groups in total. The first kappa shape index (κ1) is 14.8. The van der Waals surface area contributed by atoms with Gasteiger partial charge < -0.3 is 15.1 Å². The van der Waals surface area contributed by atoms with Crippen molar-refractivity contribution in [2.75, 3.05) is 39.0 Å². The van der Waals surface area contributed by atoms with Crippen LogP contribution in [0, 0.1) is 0 Å². The molecule has 1 atom stereocenters. The fourth-order valence-corrected chi connectivity index (χ4v) is 2.55. The van der Waals surface area contributed by atoms with Crippen LogP contribution in [0.15, 0.2) is 18.3 Å². The van der Waals surface area contributed by atoms with Crippen LogP contribution in [0.4, 0.5) is 5.69 Å². The average Bonchev–Trinajstić information content (AvgIpc) is 2.90. The first-order chi connectivity index (χ1) is 9.56. The number of nitrogens with zero attached hydrogens (tertiary/aromatic N) is 3. The first-order valence-corrected chi connectivity index (χ1v) is 7.23. The van der Waals surface area contributed by atoms with Gasteiger partial charge in [-0.3, -0.25) is 9.78 Å². The van der Waals surface area contributed by atoms with Crippen molar-refractivity contribution in [3.8, 4) is 0 Å². The number of hydrogen-bond donors (Lipinski definition) is 1. The van der Waals surface area contributed by atoms with Crippen molar-refractivity contribution < 1.29 is 4.79 Å². The van der Waals surface area contributed by atoms with Crippen molar-refractivity contribution in [3.05, 3.63) is 24.0 Å². The minimum absolute atomic E-state index is 0.0687. The maximum Gasteiger partial charge on any atom is 0.272 e. The number of amides is 1. The number of aromatic nitrogens is 1. The van der Waals surface area contributed by atoms with Crippen LogP contribution in [0.2, 0.25) is 0 Å². The number of nitrogens with one attached hydrogen (secondary N) is 1. The maximum atomic E-state index is 11.9. The number of carbonyl (C=O) groups is 1. The third kappa shape index (κ3) is 3.93. The normalized spacial score (nSPS) is 16.9. The zero-order valence-corrected chi connectivity index (χ0v) is 12.6. The van der Waals surface area contributed by atoms with Gasteiger partial charge >= 0.3 is 0 Å².